The third-order valence-electron chi connectivity index (χ3n) is 2.29. The highest BCUT2D eigenvalue weighted by Gasteiger charge is 2.42. The summed E-state index contributed by atoms with van der Waals surface area (Å²) in [5.74, 6) is 0.579. The molecular weight excluding hydrogens is 152 g/mol. The second-order valence-electron chi connectivity index (χ2n) is 3.19. The molecule has 70 valence electrons. The molecule has 0 radical (unpaired) electrons. The van der Waals surface area contributed by atoms with Gasteiger partial charge in [0, 0.05) is 13.0 Å². The van der Waals surface area contributed by atoms with Gasteiger partial charge < -0.3 is 9.47 Å². The number of hydrogen-bond acceptors (Lipinski definition) is 2. The Morgan fingerprint density at radius 1 is 1.58 bits per heavy atom. The molecule has 1 aliphatic rings. The predicted octanol–water partition coefficient (Wildman–Crippen LogP) is 2.00. The fraction of sp³-hybridized carbons (Fsp3) is 0.800. The molecule has 0 bridgehead atoms. The average Bonchev–Trinajstić information content (AvgIpc) is 2.81. The molecule has 0 saturated carbocycles. The molecule has 1 aliphatic heterocycles. The zero-order valence-electron chi connectivity index (χ0n) is 8.12. The summed E-state index contributed by atoms with van der Waals surface area (Å²) in [5, 5.41) is 0. The van der Waals surface area contributed by atoms with Gasteiger partial charge in [-0.15, -0.1) is 0 Å². The topological polar surface area (TPSA) is 21.8 Å². The Bertz CT molecular complexity index is 154. The summed E-state index contributed by atoms with van der Waals surface area (Å²) >= 11 is 0. The van der Waals surface area contributed by atoms with Gasteiger partial charge in [0.2, 0.25) is 0 Å². The Balaban J connectivity index is 2.28. The van der Waals surface area contributed by atoms with Crippen molar-refractivity contribution in [1.82, 2.24) is 0 Å². The van der Waals surface area contributed by atoms with E-state index >= 15 is 0 Å². The Morgan fingerprint density at radius 2 is 2.33 bits per heavy atom. The van der Waals surface area contributed by atoms with Crippen LogP contribution in [0, 0.1) is 5.92 Å². The Labute approximate surface area is 74.6 Å². The molecule has 0 aromatic carbocycles. The molecule has 2 nitrogen and oxygen atoms in total. The predicted molar refractivity (Wildman–Crippen MR) is 49.1 cm³/mol. The van der Waals surface area contributed by atoms with Crippen molar-refractivity contribution in [2.24, 2.45) is 5.92 Å². The molecule has 2 heteroatoms. The quantitative estimate of drug-likeness (QED) is 0.465. The molecule has 0 aromatic heterocycles. The minimum Gasteiger partial charge on any atom is -0.382 e. The highest BCUT2D eigenvalue weighted by atomic mass is 16.6. The van der Waals surface area contributed by atoms with E-state index < -0.39 is 0 Å². The normalized spacial score (nSPS) is 30.9. The van der Waals surface area contributed by atoms with Gasteiger partial charge in [-0.25, -0.2) is 0 Å². The second kappa shape index (κ2) is 4.63. The molecule has 0 N–H and O–H groups in total. The first-order valence-electron chi connectivity index (χ1n) is 4.60. The molecule has 1 heterocycles. The van der Waals surface area contributed by atoms with Crippen LogP contribution in [0.1, 0.15) is 20.3 Å². The van der Waals surface area contributed by atoms with E-state index in [1.165, 1.54) is 0 Å². The van der Waals surface area contributed by atoms with Gasteiger partial charge in [-0.1, -0.05) is 19.1 Å². The largest absolute Gasteiger partial charge is 0.382 e. The molecule has 3 atom stereocenters. The van der Waals surface area contributed by atoms with E-state index in [0.717, 1.165) is 13.0 Å². The van der Waals surface area contributed by atoms with Gasteiger partial charge >= 0.3 is 0 Å². The van der Waals surface area contributed by atoms with Crippen molar-refractivity contribution in [3.05, 3.63) is 12.2 Å². The van der Waals surface area contributed by atoms with Crippen molar-refractivity contribution in [1.29, 1.82) is 0 Å². The number of methoxy groups -OCH3 is 1. The third-order valence-corrected chi connectivity index (χ3v) is 2.29. The maximum atomic E-state index is 5.49. The maximum Gasteiger partial charge on any atom is 0.108 e. The van der Waals surface area contributed by atoms with E-state index in [-0.39, 0.29) is 0 Å². The standard InChI is InChI=1S/C10H18O2/c1-4-6-8(5-2)10-9(12-10)7-11-3/h4,6,8-10H,5,7H2,1-3H3. The number of ether oxygens (including phenoxy) is 2. The van der Waals surface area contributed by atoms with Gasteiger partial charge in [0.1, 0.15) is 6.10 Å². The van der Waals surface area contributed by atoms with Gasteiger partial charge in [0.25, 0.3) is 0 Å². The number of allylic oxidation sites excluding steroid dienone is 1. The molecule has 1 fully saturated rings. The first kappa shape index (κ1) is 9.75. The molecule has 0 aliphatic carbocycles. The Hall–Kier alpha value is -0.340. The van der Waals surface area contributed by atoms with Crippen molar-refractivity contribution in [3.8, 4) is 0 Å². The molecule has 3 unspecified atom stereocenters. The summed E-state index contributed by atoms with van der Waals surface area (Å²) in [4.78, 5) is 0. The van der Waals surface area contributed by atoms with Gasteiger partial charge in [-0.05, 0) is 13.3 Å². The third kappa shape index (κ3) is 2.32. The molecule has 0 spiro atoms. The molecule has 0 aromatic rings. The van der Waals surface area contributed by atoms with Gasteiger partial charge in [-0.2, -0.15) is 0 Å². The fourth-order valence-electron chi connectivity index (χ4n) is 1.56. The SMILES string of the molecule is CC=CC(CC)C1OC1COC. The first-order valence-corrected chi connectivity index (χ1v) is 4.60. The second-order valence-corrected chi connectivity index (χ2v) is 3.19. The first-order chi connectivity index (χ1) is 5.83. The van der Waals surface area contributed by atoms with Crippen molar-refractivity contribution < 1.29 is 9.47 Å². The van der Waals surface area contributed by atoms with E-state index in [2.05, 4.69) is 26.0 Å². The summed E-state index contributed by atoms with van der Waals surface area (Å²) in [7, 11) is 1.72. The number of epoxide rings is 1. The van der Waals surface area contributed by atoms with Crippen LogP contribution in [0.4, 0.5) is 0 Å². The zero-order valence-corrected chi connectivity index (χ0v) is 8.12. The summed E-state index contributed by atoms with van der Waals surface area (Å²) in [6.45, 7) is 4.98. The van der Waals surface area contributed by atoms with Crippen LogP contribution >= 0.6 is 0 Å². The number of hydrogen-bond donors (Lipinski definition) is 0. The highest BCUT2D eigenvalue weighted by molar-refractivity contribution is 4.99. The van der Waals surface area contributed by atoms with Crippen LogP contribution in [0.15, 0.2) is 12.2 Å². The van der Waals surface area contributed by atoms with Crippen LogP contribution in [-0.4, -0.2) is 25.9 Å². The lowest BCUT2D eigenvalue weighted by Gasteiger charge is -2.04. The van der Waals surface area contributed by atoms with Crippen LogP contribution in [0.2, 0.25) is 0 Å². The average molecular weight is 170 g/mol. The van der Waals surface area contributed by atoms with Gasteiger partial charge in [-0.3, -0.25) is 0 Å². The maximum absolute atomic E-state index is 5.49. The molecule has 1 saturated heterocycles. The molecule has 0 amide bonds. The van der Waals surface area contributed by atoms with Crippen molar-refractivity contribution in [2.45, 2.75) is 32.5 Å². The summed E-state index contributed by atoms with van der Waals surface area (Å²) in [5.41, 5.74) is 0. The smallest absolute Gasteiger partial charge is 0.108 e. The number of rotatable bonds is 5. The van der Waals surface area contributed by atoms with Crippen molar-refractivity contribution in [2.75, 3.05) is 13.7 Å². The fourth-order valence-corrected chi connectivity index (χ4v) is 1.56. The Morgan fingerprint density at radius 3 is 2.83 bits per heavy atom. The van der Waals surface area contributed by atoms with Crippen LogP contribution in [0.5, 0.6) is 0 Å². The molecule has 1 rings (SSSR count). The molecular formula is C10H18O2. The van der Waals surface area contributed by atoms with Crippen LogP contribution in [0.3, 0.4) is 0 Å². The van der Waals surface area contributed by atoms with Crippen LogP contribution in [0.25, 0.3) is 0 Å². The summed E-state index contributed by atoms with van der Waals surface area (Å²) in [6, 6.07) is 0. The van der Waals surface area contributed by atoms with Crippen molar-refractivity contribution in [3.63, 3.8) is 0 Å². The van der Waals surface area contributed by atoms with E-state index in [1.54, 1.807) is 7.11 Å². The Kier molecular flexibility index (Phi) is 3.76. The van der Waals surface area contributed by atoms with E-state index in [9.17, 15) is 0 Å². The lowest BCUT2D eigenvalue weighted by molar-refractivity contribution is 0.171. The van der Waals surface area contributed by atoms with Crippen LogP contribution in [-0.2, 0) is 9.47 Å². The molecule has 12 heavy (non-hydrogen) atoms. The van der Waals surface area contributed by atoms with E-state index in [0.29, 0.717) is 18.1 Å². The van der Waals surface area contributed by atoms with E-state index in [1.807, 2.05) is 0 Å². The minimum absolute atomic E-state index is 0.344. The highest BCUT2D eigenvalue weighted by Crippen LogP contribution is 2.32. The van der Waals surface area contributed by atoms with Crippen molar-refractivity contribution >= 4 is 0 Å². The minimum atomic E-state index is 0.344. The lowest BCUT2D eigenvalue weighted by Crippen LogP contribution is -2.10. The lowest BCUT2D eigenvalue weighted by atomic mass is 10.00. The van der Waals surface area contributed by atoms with Crippen LogP contribution < -0.4 is 0 Å². The van der Waals surface area contributed by atoms with Gasteiger partial charge in [0.05, 0.1) is 12.7 Å². The van der Waals surface area contributed by atoms with E-state index in [4.69, 9.17) is 9.47 Å². The monoisotopic (exact) mass is 170 g/mol. The summed E-state index contributed by atoms with van der Waals surface area (Å²) < 4.78 is 10.5. The zero-order chi connectivity index (χ0) is 8.97. The van der Waals surface area contributed by atoms with Gasteiger partial charge in [0.15, 0.2) is 0 Å². The summed E-state index contributed by atoms with van der Waals surface area (Å²) in [6.07, 6.45) is 6.22.